The molecule has 34 heavy (non-hydrogen) atoms. The van der Waals surface area contributed by atoms with Crippen LogP contribution in [0.15, 0.2) is 48.8 Å². The fourth-order valence-electron chi connectivity index (χ4n) is 5.17. The van der Waals surface area contributed by atoms with Crippen molar-refractivity contribution in [3.8, 4) is 5.75 Å². The van der Waals surface area contributed by atoms with E-state index in [1.165, 1.54) is 6.20 Å². The summed E-state index contributed by atoms with van der Waals surface area (Å²) in [5.41, 5.74) is 1.88. The van der Waals surface area contributed by atoms with Gasteiger partial charge in [-0.1, -0.05) is 17.7 Å². The smallest absolute Gasteiger partial charge is 0.127 e. The number of piperidine rings is 1. The molecule has 1 saturated heterocycles. The van der Waals surface area contributed by atoms with Gasteiger partial charge >= 0.3 is 0 Å². The normalized spacial score (nSPS) is 17.4. The van der Waals surface area contributed by atoms with Crippen molar-refractivity contribution in [1.82, 2.24) is 15.3 Å². The fraction of sp³-hybridized carbons (Fsp3) is 0.481. The second-order valence-corrected chi connectivity index (χ2v) is 9.66. The zero-order valence-corrected chi connectivity index (χ0v) is 20.4. The molecular formula is C27H33ClFN3O2. The van der Waals surface area contributed by atoms with Crippen molar-refractivity contribution in [3.63, 3.8) is 0 Å². The summed E-state index contributed by atoms with van der Waals surface area (Å²) >= 11 is 6.43. The molecule has 2 N–H and O–H groups in total. The van der Waals surface area contributed by atoms with Gasteiger partial charge in [0.25, 0.3) is 0 Å². The number of rotatable bonds is 10. The molecule has 1 aromatic carbocycles. The molecule has 4 rings (SSSR count). The van der Waals surface area contributed by atoms with E-state index in [0.29, 0.717) is 46.5 Å². The van der Waals surface area contributed by atoms with Crippen LogP contribution in [0.2, 0.25) is 5.02 Å². The zero-order valence-electron chi connectivity index (χ0n) is 19.6. The lowest BCUT2D eigenvalue weighted by atomic mass is 9.69. The summed E-state index contributed by atoms with van der Waals surface area (Å²) < 4.78 is 21.1. The van der Waals surface area contributed by atoms with Crippen LogP contribution in [0.5, 0.6) is 5.75 Å². The van der Waals surface area contributed by atoms with Crippen LogP contribution in [-0.2, 0) is 6.42 Å². The Morgan fingerprint density at radius 2 is 2.00 bits per heavy atom. The Labute approximate surface area is 205 Å². The molecule has 1 aliphatic heterocycles. The first kappa shape index (κ1) is 24.8. The Morgan fingerprint density at radius 3 is 2.74 bits per heavy atom. The Hall–Kier alpha value is -2.28. The average Bonchev–Trinajstić information content (AvgIpc) is 2.88. The van der Waals surface area contributed by atoms with Crippen LogP contribution in [0.4, 0.5) is 4.39 Å². The second-order valence-electron chi connectivity index (χ2n) is 9.25. The Balaban J connectivity index is 1.47. The number of benzene rings is 1. The number of ether oxygens (including phenoxy) is 1. The van der Waals surface area contributed by atoms with E-state index in [1.54, 1.807) is 19.4 Å². The van der Waals surface area contributed by atoms with E-state index in [0.717, 1.165) is 44.5 Å². The third-order valence-electron chi connectivity index (χ3n) is 7.22. The number of hydrogen-bond acceptors (Lipinski definition) is 5. The average molecular weight is 486 g/mol. The van der Waals surface area contributed by atoms with Crippen LogP contribution in [0, 0.1) is 5.41 Å². The minimum absolute atomic E-state index is 0.299. The van der Waals surface area contributed by atoms with Gasteiger partial charge in [0.2, 0.25) is 0 Å². The maximum atomic E-state index is 15.8. The minimum atomic E-state index is -1.25. The van der Waals surface area contributed by atoms with E-state index in [2.05, 4.69) is 15.3 Å². The third kappa shape index (κ3) is 5.68. The van der Waals surface area contributed by atoms with Gasteiger partial charge < -0.3 is 15.2 Å². The SMILES string of the molecule is COc1ccc2ncc(Cl)c([C@H](F)CCC3([C@@H](O)CCCc4ccccn4)CCNCC3)c2c1. The number of aliphatic hydroxyl groups excluding tert-OH is 1. The molecule has 2 aromatic heterocycles. The van der Waals surface area contributed by atoms with Gasteiger partial charge in [-0.2, -0.15) is 0 Å². The number of pyridine rings is 2. The molecule has 0 amide bonds. The molecule has 0 spiro atoms. The minimum Gasteiger partial charge on any atom is -0.497 e. The molecule has 7 heteroatoms. The number of nitrogens with zero attached hydrogens (tertiary/aromatic N) is 2. The van der Waals surface area contributed by atoms with Crippen LogP contribution in [0.1, 0.15) is 56.0 Å². The van der Waals surface area contributed by atoms with Crippen LogP contribution in [-0.4, -0.2) is 41.4 Å². The highest BCUT2D eigenvalue weighted by molar-refractivity contribution is 6.32. The molecule has 1 fully saturated rings. The number of aryl methyl sites for hydroxylation is 1. The van der Waals surface area contributed by atoms with Gasteiger partial charge in [-0.25, -0.2) is 4.39 Å². The van der Waals surface area contributed by atoms with Gasteiger partial charge in [-0.3, -0.25) is 9.97 Å². The molecule has 0 radical (unpaired) electrons. The molecule has 3 heterocycles. The molecule has 0 aliphatic carbocycles. The van der Waals surface area contributed by atoms with Crippen LogP contribution in [0.3, 0.4) is 0 Å². The molecule has 5 nitrogen and oxygen atoms in total. The van der Waals surface area contributed by atoms with Gasteiger partial charge in [0.05, 0.1) is 23.8 Å². The molecule has 2 atom stereocenters. The van der Waals surface area contributed by atoms with Gasteiger partial charge in [0, 0.05) is 29.0 Å². The van der Waals surface area contributed by atoms with E-state index >= 15 is 4.39 Å². The lowest BCUT2D eigenvalue weighted by Gasteiger charge is -2.42. The summed E-state index contributed by atoms with van der Waals surface area (Å²) in [6.07, 6.45) is 6.53. The van der Waals surface area contributed by atoms with Gasteiger partial charge in [0.1, 0.15) is 11.9 Å². The number of alkyl halides is 1. The summed E-state index contributed by atoms with van der Waals surface area (Å²) in [4.78, 5) is 8.72. The Morgan fingerprint density at radius 1 is 1.18 bits per heavy atom. The maximum absolute atomic E-state index is 15.8. The van der Waals surface area contributed by atoms with Crippen molar-refractivity contribution in [3.05, 3.63) is 65.1 Å². The first-order chi connectivity index (χ1) is 16.5. The predicted molar refractivity (Wildman–Crippen MR) is 134 cm³/mol. The Kier molecular flexibility index (Phi) is 8.35. The van der Waals surface area contributed by atoms with Crippen molar-refractivity contribution in [1.29, 1.82) is 0 Å². The molecule has 0 bridgehead atoms. The lowest BCUT2D eigenvalue weighted by molar-refractivity contribution is -0.0170. The molecular weight excluding hydrogens is 453 g/mol. The number of nitrogens with one attached hydrogen (secondary N) is 1. The highest BCUT2D eigenvalue weighted by Crippen LogP contribution is 2.44. The first-order valence-electron chi connectivity index (χ1n) is 12.1. The topological polar surface area (TPSA) is 67.3 Å². The summed E-state index contributed by atoms with van der Waals surface area (Å²) in [5, 5.41) is 15.6. The van der Waals surface area contributed by atoms with Gasteiger partial charge in [-0.05, 0) is 93.8 Å². The molecule has 3 aromatic rings. The van der Waals surface area contributed by atoms with Crippen molar-refractivity contribution in [2.24, 2.45) is 5.41 Å². The van der Waals surface area contributed by atoms with E-state index in [4.69, 9.17) is 16.3 Å². The number of methoxy groups -OCH3 is 1. The van der Waals surface area contributed by atoms with E-state index in [1.807, 2.05) is 30.3 Å². The molecule has 0 saturated carbocycles. The van der Waals surface area contributed by atoms with E-state index in [9.17, 15) is 5.11 Å². The third-order valence-corrected chi connectivity index (χ3v) is 7.52. The largest absolute Gasteiger partial charge is 0.497 e. The second kappa shape index (κ2) is 11.4. The first-order valence-corrected chi connectivity index (χ1v) is 12.4. The highest BCUT2D eigenvalue weighted by atomic mass is 35.5. The van der Waals surface area contributed by atoms with Gasteiger partial charge in [-0.15, -0.1) is 0 Å². The Bertz CT molecular complexity index is 1080. The number of aliphatic hydroxyl groups is 1. The molecule has 182 valence electrons. The van der Waals surface area contributed by atoms with Crippen LogP contribution < -0.4 is 10.1 Å². The fourth-order valence-corrected chi connectivity index (χ4v) is 5.44. The highest BCUT2D eigenvalue weighted by Gasteiger charge is 2.39. The van der Waals surface area contributed by atoms with Crippen molar-refractivity contribution in [2.45, 2.75) is 57.2 Å². The van der Waals surface area contributed by atoms with Crippen molar-refractivity contribution in [2.75, 3.05) is 20.2 Å². The monoisotopic (exact) mass is 485 g/mol. The van der Waals surface area contributed by atoms with Crippen LogP contribution in [0.25, 0.3) is 10.9 Å². The standard InChI is InChI=1S/C27H33ClFN3O2/c1-34-20-8-9-24-21(17-20)26(22(28)18-32-24)23(29)10-11-27(12-15-30-16-13-27)25(33)7-4-6-19-5-2-3-14-31-19/h2-3,5,8-9,14,17-18,23,25,30,33H,4,6-7,10-13,15-16H2,1H3/t23-,25+/m1/s1. The zero-order chi connectivity index (χ0) is 24.0. The maximum Gasteiger partial charge on any atom is 0.127 e. The number of aromatic nitrogens is 2. The van der Waals surface area contributed by atoms with Crippen LogP contribution >= 0.6 is 11.6 Å². The van der Waals surface area contributed by atoms with E-state index in [-0.39, 0.29) is 5.41 Å². The predicted octanol–water partition coefficient (Wildman–Crippen LogP) is 5.84. The molecule has 0 unspecified atom stereocenters. The summed E-state index contributed by atoms with van der Waals surface area (Å²) in [6.45, 7) is 1.68. The number of fused-ring (bicyclic) bond motifs is 1. The summed E-state index contributed by atoms with van der Waals surface area (Å²) in [5.74, 6) is 0.642. The molecule has 1 aliphatic rings. The van der Waals surface area contributed by atoms with Crippen molar-refractivity contribution >= 4 is 22.5 Å². The summed E-state index contributed by atoms with van der Waals surface area (Å²) in [6, 6.07) is 11.3. The quantitative estimate of drug-likeness (QED) is 0.378. The van der Waals surface area contributed by atoms with Gasteiger partial charge in [0.15, 0.2) is 0 Å². The number of hydrogen-bond donors (Lipinski definition) is 2. The van der Waals surface area contributed by atoms with Crippen molar-refractivity contribution < 1.29 is 14.2 Å². The number of halogens is 2. The summed E-state index contributed by atoms with van der Waals surface area (Å²) in [7, 11) is 1.59. The van der Waals surface area contributed by atoms with E-state index < -0.39 is 12.3 Å². The lowest BCUT2D eigenvalue weighted by Crippen LogP contribution is -2.44.